The third-order valence-corrected chi connectivity index (χ3v) is 5.43. The largest absolute Gasteiger partial charge is 0.488 e. The molecule has 0 N–H and O–H groups in total. The van der Waals surface area contributed by atoms with E-state index in [4.69, 9.17) is 4.74 Å². The van der Waals surface area contributed by atoms with Crippen molar-refractivity contribution in [3.05, 3.63) is 28.8 Å². The fraction of sp³-hybridized carbons (Fsp3) is 0.600. The Morgan fingerprint density at radius 1 is 1.27 bits per heavy atom. The fourth-order valence-corrected chi connectivity index (χ4v) is 3.86. The number of aldehydes is 1. The van der Waals surface area contributed by atoms with Crippen LogP contribution in [0.15, 0.2) is 6.07 Å². The van der Waals surface area contributed by atoms with Gasteiger partial charge in [-0.1, -0.05) is 13.3 Å². The Labute approximate surface area is 152 Å². The van der Waals surface area contributed by atoms with E-state index in [1.807, 2.05) is 6.92 Å². The maximum absolute atomic E-state index is 14.7. The van der Waals surface area contributed by atoms with Crippen LogP contribution in [-0.2, 0) is 11.3 Å². The van der Waals surface area contributed by atoms with E-state index in [1.165, 1.54) is 6.07 Å². The lowest BCUT2D eigenvalue weighted by molar-refractivity contribution is -0.112. The minimum Gasteiger partial charge on any atom is -0.488 e. The number of nitrogens with zero attached hydrogens (tertiary/aromatic N) is 1. The molecule has 0 radical (unpaired) electrons. The van der Waals surface area contributed by atoms with Crippen molar-refractivity contribution >= 4 is 12.2 Å². The van der Waals surface area contributed by atoms with Crippen molar-refractivity contribution in [2.24, 2.45) is 11.8 Å². The monoisotopic (exact) mass is 365 g/mol. The molecule has 1 amide bonds. The van der Waals surface area contributed by atoms with Crippen molar-refractivity contribution in [1.29, 1.82) is 0 Å². The van der Waals surface area contributed by atoms with Gasteiger partial charge in [-0.2, -0.15) is 0 Å². The molecule has 0 unspecified atom stereocenters. The number of carbonyl (C=O) groups excluding carboxylic acids is 2. The van der Waals surface area contributed by atoms with Gasteiger partial charge in [-0.25, -0.2) is 8.78 Å². The molecule has 4 nitrogen and oxygen atoms in total. The molecular formula is C20H25F2NO3. The van der Waals surface area contributed by atoms with Crippen molar-refractivity contribution < 1.29 is 23.1 Å². The molecule has 1 saturated carbocycles. The van der Waals surface area contributed by atoms with Crippen molar-refractivity contribution in [1.82, 2.24) is 4.90 Å². The number of ether oxygens (including phenoxy) is 1. The highest BCUT2D eigenvalue weighted by Gasteiger charge is 2.35. The molecule has 1 aliphatic heterocycles. The van der Waals surface area contributed by atoms with E-state index in [1.54, 1.807) is 4.90 Å². The zero-order chi connectivity index (χ0) is 18.7. The van der Waals surface area contributed by atoms with Crippen molar-refractivity contribution in [3.63, 3.8) is 0 Å². The first-order valence-corrected chi connectivity index (χ1v) is 9.43. The topological polar surface area (TPSA) is 46.6 Å². The number of benzene rings is 1. The Hall–Kier alpha value is -1.98. The maximum Gasteiger partial charge on any atom is 0.257 e. The lowest BCUT2D eigenvalue weighted by Crippen LogP contribution is -2.32. The lowest BCUT2D eigenvalue weighted by Gasteiger charge is -2.29. The van der Waals surface area contributed by atoms with E-state index in [9.17, 15) is 18.4 Å². The van der Waals surface area contributed by atoms with Crippen LogP contribution in [0.5, 0.6) is 5.75 Å². The zero-order valence-electron chi connectivity index (χ0n) is 15.1. The summed E-state index contributed by atoms with van der Waals surface area (Å²) < 4.78 is 34.1. The summed E-state index contributed by atoms with van der Waals surface area (Å²) in [5.74, 6) is -2.05. The third-order valence-electron chi connectivity index (χ3n) is 5.43. The number of fused-ring (bicyclic) bond motifs is 1. The second kappa shape index (κ2) is 8.14. The Bertz CT molecular complexity index is 684. The van der Waals surface area contributed by atoms with E-state index >= 15 is 0 Å². The summed E-state index contributed by atoms with van der Waals surface area (Å²) in [4.78, 5) is 25.1. The van der Waals surface area contributed by atoms with Gasteiger partial charge in [0.1, 0.15) is 6.29 Å². The summed E-state index contributed by atoms with van der Waals surface area (Å²) in [6, 6.07) is 1.22. The van der Waals surface area contributed by atoms with Crippen molar-refractivity contribution in [2.75, 3.05) is 13.2 Å². The molecule has 1 aromatic carbocycles. The van der Waals surface area contributed by atoms with E-state index in [0.717, 1.165) is 38.4 Å². The molecule has 1 aromatic rings. The van der Waals surface area contributed by atoms with Gasteiger partial charge in [0.2, 0.25) is 0 Å². The average molecular weight is 365 g/mol. The summed E-state index contributed by atoms with van der Waals surface area (Å²) >= 11 is 0. The first kappa shape index (κ1) is 18.8. The Kier molecular flexibility index (Phi) is 5.89. The molecule has 3 rings (SSSR count). The van der Waals surface area contributed by atoms with Gasteiger partial charge in [-0.3, -0.25) is 4.79 Å². The number of halogens is 2. The van der Waals surface area contributed by atoms with E-state index in [-0.39, 0.29) is 24.6 Å². The second-order valence-corrected chi connectivity index (χ2v) is 7.34. The minimum absolute atomic E-state index is 0.0560. The van der Waals surface area contributed by atoms with Crippen LogP contribution in [0.1, 0.15) is 61.4 Å². The molecule has 1 aliphatic carbocycles. The quantitative estimate of drug-likeness (QED) is 0.540. The molecule has 0 saturated heterocycles. The van der Waals surface area contributed by atoms with E-state index in [0.29, 0.717) is 24.4 Å². The molecule has 142 valence electrons. The fourth-order valence-electron chi connectivity index (χ4n) is 3.86. The van der Waals surface area contributed by atoms with Crippen LogP contribution in [0, 0.1) is 23.5 Å². The highest BCUT2D eigenvalue weighted by atomic mass is 19.1. The molecule has 0 spiro atoms. The molecule has 26 heavy (non-hydrogen) atoms. The molecule has 0 atom stereocenters. The van der Waals surface area contributed by atoms with Crippen LogP contribution in [0.2, 0.25) is 0 Å². The summed E-state index contributed by atoms with van der Waals surface area (Å²) in [5.41, 5.74) is 0.328. The number of hydrogen-bond acceptors (Lipinski definition) is 3. The molecule has 2 aliphatic rings. The highest BCUT2D eigenvalue weighted by Crippen LogP contribution is 2.35. The van der Waals surface area contributed by atoms with Crippen molar-refractivity contribution in [2.45, 2.75) is 52.0 Å². The van der Waals surface area contributed by atoms with Crippen LogP contribution in [0.3, 0.4) is 0 Å². The maximum atomic E-state index is 14.7. The molecule has 1 fully saturated rings. The third kappa shape index (κ3) is 3.74. The minimum atomic E-state index is -0.881. The van der Waals surface area contributed by atoms with E-state index < -0.39 is 23.3 Å². The summed E-state index contributed by atoms with van der Waals surface area (Å²) in [6.07, 6.45) is 5.98. The van der Waals surface area contributed by atoms with Crippen LogP contribution >= 0.6 is 0 Å². The van der Waals surface area contributed by atoms with Crippen molar-refractivity contribution in [3.8, 4) is 5.75 Å². The van der Waals surface area contributed by atoms with Gasteiger partial charge in [-0.15, -0.1) is 0 Å². The molecule has 1 heterocycles. The highest BCUT2D eigenvalue weighted by molar-refractivity contribution is 5.99. The number of hydrogen-bond donors (Lipinski definition) is 0. The van der Waals surface area contributed by atoms with Crippen LogP contribution in [0.4, 0.5) is 8.78 Å². The number of unbranched alkanes of at least 4 members (excludes halogenated alkanes) is 1. The van der Waals surface area contributed by atoms with Crippen LogP contribution < -0.4 is 4.74 Å². The number of amides is 1. The SMILES string of the molecule is CCCCOc1c(F)cc2c(c1F)C(=O)N(C[C@H]1CC[C@H](C=O)CC1)C2. The van der Waals surface area contributed by atoms with Gasteiger partial charge in [0.25, 0.3) is 5.91 Å². The Morgan fingerprint density at radius 3 is 2.65 bits per heavy atom. The van der Waals surface area contributed by atoms with Gasteiger partial charge in [0.15, 0.2) is 17.4 Å². The van der Waals surface area contributed by atoms with Gasteiger partial charge in [-0.05, 0) is 49.7 Å². The predicted molar refractivity (Wildman–Crippen MR) is 93.0 cm³/mol. The first-order chi connectivity index (χ1) is 12.5. The van der Waals surface area contributed by atoms with Crippen LogP contribution in [-0.4, -0.2) is 30.2 Å². The standard InChI is InChI=1S/C20H25F2NO3/c1-2-3-8-26-19-16(21)9-15-11-23(20(25)17(15)18(19)22)10-13-4-6-14(12-24)7-5-13/h9,12-14H,2-8,10-11H2,1H3/t13-,14-. The Morgan fingerprint density at radius 2 is 2.00 bits per heavy atom. The smallest absolute Gasteiger partial charge is 0.257 e. The zero-order valence-corrected chi connectivity index (χ0v) is 15.1. The first-order valence-electron chi connectivity index (χ1n) is 9.43. The van der Waals surface area contributed by atoms with Gasteiger partial charge in [0, 0.05) is 19.0 Å². The van der Waals surface area contributed by atoms with Gasteiger partial charge < -0.3 is 14.4 Å². The van der Waals surface area contributed by atoms with E-state index in [2.05, 4.69) is 0 Å². The molecule has 0 bridgehead atoms. The summed E-state index contributed by atoms with van der Waals surface area (Å²) in [6.45, 7) is 2.93. The summed E-state index contributed by atoms with van der Waals surface area (Å²) in [5, 5.41) is 0. The number of carbonyl (C=O) groups is 2. The molecule has 0 aromatic heterocycles. The van der Waals surface area contributed by atoms with Gasteiger partial charge in [0.05, 0.1) is 12.2 Å². The average Bonchev–Trinajstić information content (AvgIpc) is 2.94. The second-order valence-electron chi connectivity index (χ2n) is 7.34. The molecular weight excluding hydrogens is 340 g/mol. The number of rotatable bonds is 7. The molecule has 6 heteroatoms. The van der Waals surface area contributed by atoms with Crippen LogP contribution in [0.25, 0.3) is 0 Å². The van der Waals surface area contributed by atoms with Gasteiger partial charge >= 0.3 is 0 Å². The lowest BCUT2D eigenvalue weighted by atomic mass is 9.82. The predicted octanol–water partition coefficient (Wildman–Crippen LogP) is 4.10. The Balaban J connectivity index is 1.70. The summed E-state index contributed by atoms with van der Waals surface area (Å²) in [7, 11) is 0. The normalized spacial score (nSPS) is 22.4.